The molecule has 4 aromatic heterocycles. The topological polar surface area (TPSA) is 82.3 Å². The molecule has 4 rings (SSSR count). The number of hydrogen-bond acceptors (Lipinski definition) is 8. The minimum atomic E-state index is 0.660. The second-order valence-corrected chi connectivity index (χ2v) is 7.50. The molecule has 0 saturated heterocycles. The fourth-order valence-electron chi connectivity index (χ4n) is 2.56. The molecule has 0 aromatic carbocycles. The van der Waals surface area contributed by atoms with Crippen molar-refractivity contribution in [3.8, 4) is 22.2 Å². The highest BCUT2D eigenvalue weighted by Crippen LogP contribution is 2.28. The number of pyridine rings is 1. The van der Waals surface area contributed by atoms with Gasteiger partial charge in [0.05, 0.1) is 5.69 Å². The summed E-state index contributed by atoms with van der Waals surface area (Å²) in [6, 6.07) is 5.71. The lowest BCUT2D eigenvalue weighted by molar-refractivity contribution is 0.626. The summed E-state index contributed by atoms with van der Waals surface area (Å²) in [5, 5.41) is 12.6. The van der Waals surface area contributed by atoms with Crippen molar-refractivity contribution in [2.75, 3.05) is 0 Å². The van der Waals surface area contributed by atoms with Crippen LogP contribution in [0, 0.1) is 0 Å². The molecule has 0 radical (unpaired) electrons. The van der Waals surface area contributed by atoms with Crippen molar-refractivity contribution >= 4 is 23.1 Å². The number of thioether (sulfide) groups is 1. The van der Waals surface area contributed by atoms with Gasteiger partial charge >= 0.3 is 0 Å². The van der Waals surface area contributed by atoms with E-state index >= 15 is 0 Å². The summed E-state index contributed by atoms with van der Waals surface area (Å²) in [5.41, 5.74) is 2.01. The molecule has 9 heteroatoms. The summed E-state index contributed by atoms with van der Waals surface area (Å²) in [7, 11) is 0. The summed E-state index contributed by atoms with van der Waals surface area (Å²) < 4.78 is 2.16. The van der Waals surface area contributed by atoms with Gasteiger partial charge in [-0.1, -0.05) is 18.7 Å². The monoisotopic (exact) mass is 395 g/mol. The van der Waals surface area contributed by atoms with E-state index < -0.39 is 0 Å². The average Bonchev–Trinajstić information content (AvgIpc) is 3.35. The molecule has 27 heavy (non-hydrogen) atoms. The predicted molar refractivity (Wildman–Crippen MR) is 106 cm³/mol. The Morgan fingerprint density at radius 2 is 1.89 bits per heavy atom. The van der Waals surface area contributed by atoms with Gasteiger partial charge in [-0.2, -0.15) is 0 Å². The highest BCUT2D eigenvalue weighted by molar-refractivity contribution is 7.98. The van der Waals surface area contributed by atoms with Gasteiger partial charge in [-0.3, -0.25) is 4.98 Å². The van der Waals surface area contributed by atoms with Gasteiger partial charge in [-0.15, -0.1) is 21.5 Å². The first-order valence-corrected chi connectivity index (χ1v) is 10.4. The molecule has 0 bridgehead atoms. The van der Waals surface area contributed by atoms with Crippen LogP contribution in [-0.4, -0.2) is 34.7 Å². The Balaban J connectivity index is 1.52. The molecule has 0 aliphatic carbocycles. The normalized spacial score (nSPS) is 11.0. The summed E-state index contributed by atoms with van der Waals surface area (Å²) >= 11 is 3.20. The first kappa shape index (κ1) is 17.7. The maximum atomic E-state index is 4.64. The first-order valence-electron chi connectivity index (χ1n) is 8.53. The fourth-order valence-corrected chi connectivity index (χ4v) is 4.29. The highest BCUT2D eigenvalue weighted by atomic mass is 32.2. The molecule has 0 amide bonds. The van der Waals surface area contributed by atoms with Crippen LogP contribution in [0.3, 0.4) is 0 Å². The summed E-state index contributed by atoms with van der Waals surface area (Å²) in [4.78, 5) is 17.2. The standard InChI is InChI=1S/C18H17N7S2/c1-2-10-25-16(13-4-8-19-9-5-13)23-24-18(25)27-12-14-11-26-17(22-14)15-20-6-3-7-21-15/h3-9,11H,2,10,12H2,1H3. The molecule has 0 atom stereocenters. The molecule has 0 aliphatic rings. The Hall–Kier alpha value is -2.65. The van der Waals surface area contributed by atoms with Gasteiger partial charge in [-0.25, -0.2) is 15.0 Å². The first-order chi connectivity index (χ1) is 13.3. The smallest absolute Gasteiger partial charge is 0.191 e. The largest absolute Gasteiger partial charge is 0.302 e. The maximum Gasteiger partial charge on any atom is 0.191 e. The van der Waals surface area contributed by atoms with Crippen LogP contribution < -0.4 is 0 Å². The maximum absolute atomic E-state index is 4.64. The number of hydrogen-bond donors (Lipinski definition) is 0. The van der Waals surface area contributed by atoms with Crippen molar-refractivity contribution in [2.45, 2.75) is 30.8 Å². The molecular weight excluding hydrogens is 378 g/mol. The van der Waals surface area contributed by atoms with E-state index in [-0.39, 0.29) is 0 Å². The summed E-state index contributed by atoms with van der Waals surface area (Å²) in [5.74, 6) is 2.26. The molecule has 4 heterocycles. The van der Waals surface area contributed by atoms with Gasteiger partial charge in [-0.05, 0) is 24.6 Å². The van der Waals surface area contributed by atoms with Crippen LogP contribution in [0.5, 0.6) is 0 Å². The third-order valence-corrected chi connectivity index (χ3v) is 5.65. The lowest BCUT2D eigenvalue weighted by atomic mass is 10.2. The molecule has 0 spiro atoms. The average molecular weight is 396 g/mol. The molecular formula is C18H17N7S2. The van der Waals surface area contributed by atoms with Gasteiger partial charge in [0.2, 0.25) is 0 Å². The van der Waals surface area contributed by atoms with E-state index in [0.717, 1.165) is 46.0 Å². The molecule has 0 N–H and O–H groups in total. The van der Waals surface area contributed by atoms with Crippen LogP contribution in [0.25, 0.3) is 22.2 Å². The molecule has 0 unspecified atom stereocenters. The van der Waals surface area contributed by atoms with E-state index in [9.17, 15) is 0 Å². The second kappa shape index (κ2) is 8.36. The predicted octanol–water partition coefficient (Wildman–Crippen LogP) is 3.96. The Bertz CT molecular complexity index is 999. The molecule has 0 aliphatic heterocycles. The second-order valence-electron chi connectivity index (χ2n) is 5.70. The van der Waals surface area contributed by atoms with Crippen molar-refractivity contribution in [3.05, 3.63) is 54.1 Å². The van der Waals surface area contributed by atoms with E-state index in [1.165, 1.54) is 0 Å². The zero-order valence-electron chi connectivity index (χ0n) is 14.7. The third-order valence-electron chi connectivity index (χ3n) is 3.76. The van der Waals surface area contributed by atoms with E-state index in [1.807, 2.05) is 17.5 Å². The van der Waals surface area contributed by atoms with Crippen molar-refractivity contribution in [1.29, 1.82) is 0 Å². The van der Waals surface area contributed by atoms with Crippen LogP contribution in [0.2, 0.25) is 0 Å². The SMILES string of the molecule is CCCn1c(SCc2csc(-c3ncccn3)n2)nnc1-c1ccncc1. The van der Waals surface area contributed by atoms with Gasteiger partial charge < -0.3 is 4.57 Å². The zero-order chi connectivity index (χ0) is 18.5. The summed E-state index contributed by atoms with van der Waals surface area (Å²) in [6.45, 7) is 3.02. The lowest BCUT2D eigenvalue weighted by Gasteiger charge is -2.08. The van der Waals surface area contributed by atoms with Crippen molar-refractivity contribution in [2.24, 2.45) is 0 Å². The van der Waals surface area contributed by atoms with Crippen molar-refractivity contribution < 1.29 is 0 Å². The number of thiazole rings is 1. The molecule has 136 valence electrons. The Morgan fingerprint density at radius 1 is 1.07 bits per heavy atom. The zero-order valence-corrected chi connectivity index (χ0v) is 16.3. The van der Waals surface area contributed by atoms with E-state index in [4.69, 9.17) is 0 Å². The quantitative estimate of drug-likeness (QED) is 0.438. The Labute approximate surface area is 165 Å². The van der Waals surface area contributed by atoms with E-state index in [2.05, 4.69) is 41.6 Å². The van der Waals surface area contributed by atoms with E-state index in [0.29, 0.717) is 5.82 Å². The van der Waals surface area contributed by atoms with Crippen LogP contribution in [0.1, 0.15) is 19.0 Å². The molecule has 7 nitrogen and oxygen atoms in total. The van der Waals surface area contributed by atoms with Crippen LogP contribution >= 0.6 is 23.1 Å². The van der Waals surface area contributed by atoms with Gasteiger partial charge in [0.1, 0.15) is 0 Å². The van der Waals surface area contributed by atoms with Crippen LogP contribution in [-0.2, 0) is 12.3 Å². The molecule has 0 saturated carbocycles. The van der Waals surface area contributed by atoms with Crippen LogP contribution in [0.4, 0.5) is 0 Å². The number of rotatable bonds is 7. The van der Waals surface area contributed by atoms with Crippen molar-refractivity contribution in [1.82, 2.24) is 34.7 Å². The fraction of sp³-hybridized carbons (Fsp3) is 0.222. The number of aromatic nitrogens is 7. The van der Waals surface area contributed by atoms with Crippen molar-refractivity contribution in [3.63, 3.8) is 0 Å². The Morgan fingerprint density at radius 3 is 2.67 bits per heavy atom. The third kappa shape index (κ3) is 4.04. The van der Waals surface area contributed by atoms with Crippen LogP contribution in [0.15, 0.2) is 53.5 Å². The summed E-state index contributed by atoms with van der Waals surface area (Å²) in [6.07, 6.45) is 8.01. The minimum absolute atomic E-state index is 0.660. The highest BCUT2D eigenvalue weighted by Gasteiger charge is 2.15. The molecule has 4 aromatic rings. The number of nitrogens with zero attached hydrogens (tertiary/aromatic N) is 7. The van der Waals surface area contributed by atoms with Gasteiger partial charge in [0.25, 0.3) is 0 Å². The Kier molecular flexibility index (Phi) is 5.50. The van der Waals surface area contributed by atoms with E-state index in [1.54, 1.807) is 54.0 Å². The van der Waals surface area contributed by atoms with Gasteiger partial charge in [0.15, 0.2) is 21.8 Å². The lowest BCUT2D eigenvalue weighted by Crippen LogP contribution is -2.02. The molecule has 0 fully saturated rings. The minimum Gasteiger partial charge on any atom is -0.302 e. The van der Waals surface area contributed by atoms with Gasteiger partial charge in [0, 0.05) is 48.0 Å².